The monoisotopic (exact) mass is 250 g/mol. The van der Waals surface area contributed by atoms with Crippen molar-refractivity contribution in [3.8, 4) is 6.07 Å². The lowest BCUT2D eigenvalue weighted by molar-refractivity contribution is -0.0453. The van der Waals surface area contributed by atoms with Gasteiger partial charge in [0.1, 0.15) is 0 Å². The first-order valence-electron chi connectivity index (χ1n) is 6.26. The van der Waals surface area contributed by atoms with E-state index in [0.717, 1.165) is 17.7 Å². The van der Waals surface area contributed by atoms with Gasteiger partial charge in [0.2, 0.25) is 5.92 Å². The average Bonchev–Trinajstić information content (AvgIpc) is 2.40. The van der Waals surface area contributed by atoms with Crippen LogP contribution in [0, 0.1) is 11.3 Å². The molecule has 0 aliphatic heterocycles. The first-order chi connectivity index (χ1) is 8.51. The summed E-state index contributed by atoms with van der Waals surface area (Å²) in [4.78, 5) is 4.26. The molecule has 0 unspecified atom stereocenters. The van der Waals surface area contributed by atoms with Gasteiger partial charge in [-0.2, -0.15) is 5.26 Å². The van der Waals surface area contributed by atoms with E-state index in [4.69, 9.17) is 0 Å². The van der Waals surface area contributed by atoms with Crippen LogP contribution in [0.25, 0.3) is 0 Å². The van der Waals surface area contributed by atoms with Crippen molar-refractivity contribution in [2.24, 2.45) is 0 Å². The highest BCUT2D eigenvalue weighted by Crippen LogP contribution is 2.44. The van der Waals surface area contributed by atoms with E-state index in [9.17, 15) is 14.0 Å². The molecular formula is C14H16F2N2. The molecule has 4 heteroatoms. The molecule has 1 saturated carbocycles. The molecule has 1 aliphatic carbocycles. The zero-order chi connectivity index (χ0) is 13.2. The van der Waals surface area contributed by atoms with Crippen molar-refractivity contribution in [3.05, 3.63) is 29.6 Å². The van der Waals surface area contributed by atoms with Crippen molar-refractivity contribution in [2.45, 2.75) is 50.4 Å². The number of pyridine rings is 1. The molecule has 2 rings (SSSR count). The molecule has 1 aliphatic rings. The highest BCUT2D eigenvalue weighted by Gasteiger charge is 2.44. The summed E-state index contributed by atoms with van der Waals surface area (Å²) in [6.07, 6.45) is 2.50. The molecule has 1 aromatic rings. The van der Waals surface area contributed by atoms with Crippen LogP contribution < -0.4 is 0 Å². The van der Waals surface area contributed by atoms with Gasteiger partial charge in [-0.3, -0.25) is 4.98 Å². The van der Waals surface area contributed by atoms with Gasteiger partial charge in [-0.15, -0.1) is 0 Å². The summed E-state index contributed by atoms with van der Waals surface area (Å²) in [6, 6.07) is 5.97. The maximum atomic E-state index is 13.2. The molecule has 0 saturated heterocycles. The van der Waals surface area contributed by atoms with Crippen molar-refractivity contribution in [3.63, 3.8) is 0 Å². The predicted octanol–water partition coefficient (Wildman–Crippen LogP) is 3.61. The minimum Gasteiger partial charge on any atom is -0.261 e. The number of hydrogen-bond acceptors (Lipinski definition) is 2. The van der Waals surface area contributed by atoms with E-state index in [0.29, 0.717) is 0 Å². The van der Waals surface area contributed by atoms with E-state index in [1.165, 1.54) is 0 Å². The Labute approximate surface area is 106 Å². The second-order valence-electron chi connectivity index (χ2n) is 4.94. The number of hydrogen-bond donors (Lipinski definition) is 0. The van der Waals surface area contributed by atoms with Gasteiger partial charge in [-0.1, -0.05) is 13.0 Å². The minimum absolute atomic E-state index is 0.212. The summed E-state index contributed by atoms with van der Waals surface area (Å²) in [5.74, 6) is -2.61. The van der Waals surface area contributed by atoms with Gasteiger partial charge in [0.05, 0.1) is 11.5 Å². The summed E-state index contributed by atoms with van der Waals surface area (Å²) >= 11 is 0. The maximum Gasteiger partial charge on any atom is 0.248 e. The average molecular weight is 250 g/mol. The normalized spacial score (nSPS) is 21.2. The second-order valence-corrected chi connectivity index (χ2v) is 4.94. The van der Waals surface area contributed by atoms with Crippen LogP contribution in [0.4, 0.5) is 8.78 Å². The molecule has 1 aromatic heterocycles. The van der Waals surface area contributed by atoms with Crippen molar-refractivity contribution in [1.82, 2.24) is 4.98 Å². The van der Waals surface area contributed by atoms with Gasteiger partial charge in [-0.05, 0) is 30.9 Å². The van der Waals surface area contributed by atoms with Crippen LogP contribution >= 0.6 is 0 Å². The fourth-order valence-corrected chi connectivity index (χ4v) is 2.42. The molecule has 96 valence electrons. The van der Waals surface area contributed by atoms with E-state index in [1.807, 2.05) is 19.1 Å². The summed E-state index contributed by atoms with van der Waals surface area (Å²) < 4.78 is 26.4. The lowest BCUT2D eigenvalue weighted by atomic mass is 9.70. The first-order valence-corrected chi connectivity index (χ1v) is 6.26. The maximum absolute atomic E-state index is 13.2. The van der Waals surface area contributed by atoms with Gasteiger partial charge in [0, 0.05) is 24.7 Å². The second kappa shape index (κ2) is 4.64. The minimum atomic E-state index is -2.61. The summed E-state index contributed by atoms with van der Waals surface area (Å²) in [6.45, 7) is 2.00. The summed E-state index contributed by atoms with van der Waals surface area (Å²) in [5.41, 5.74) is 0.951. The Kier molecular flexibility index (Phi) is 3.34. The number of nitriles is 1. The smallest absolute Gasteiger partial charge is 0.248 e. The number of halogens is 2. The Bertz CT molecular complexity index is 450. The van der Waals surface area contributed by atoms with Crippen LogP contribution in [-0.4, -0.2) is 10.9 Å². The van der Waals surface area contributed by atoms with E-state index >= 15 is 0 Å². The lowest BCUT2D eigenvalue weighted by Gasteiger charge is -2.34. The molecule has 0 radical (unpaired) electrons. The number of nitrogens with zero attached hydrogens (tertiary/aromatic N) is 2. The zero-order valence-corrected chi connectivity index (χ0v) is 10.4. The lowest BCUT2D eigenvalue weighted by Crippen LogP contribution is -2.35. The Morgan fingerprint density at radius 2 is 1.94 bits per heavy atom. The Morgan fingerprint density at radius 1 is 1.28 bits per heavy atom. The fourth-order valence-electron chi connectivity index (χ4n) is 2.42. The predicted molar refractivity (Wildman–Crippen MR) is 64.3 cm³/mol. The topological polar surface area (TPSA) is 36.7 Å². The number of alkyl halides is 2. The summed E-state index contributed by atoms with van der Waals surface area (Å²) in [7, 11) is 0. The Balaban J connectivity index is 2.25. The molecule has 0 N–H and O–H groups in total. The molecule has 0 aromatic carbocycles. The Morgan fingerprint density at radius 3 is 2.39 bits per heavy atom. The molecule has 1 fully saturated rings. The van der Waals surface area contributed by atoms with E-state index in [1.54, 1.807) is 6.20 Å². The molecule has 0 bridgehead atoms. The third-order valence-electron chi connectivity index (χ3n) is 3.79. The van der Waals surface area contributed by atoms with E-state index in [2.05, 4.69) is 11.1 Å². The van der Waals surface area contributed by atoms with Crippen LogP contribution in [0.1, 0.15) is 43.9 Å². The molecule has 0 atom stereocenters. The van der Waals surface area contributed by atoms with Crippen LogP contribution in [0.2, 0.25) is 0 Å². The SMILES string of the molecule is CCc1ccc(C2(C#N)CCC(F)(F)CC2)cn1. The molecule has 18 heavy (non-hydrogen) atoms. The van der Waals surface area contributed by atoms with Crippen molar-refractivity contribution < 1.29 is 8.78 Å². The Hall–Kier alpha value is -1.50. The van der Waals surface area contributed by atoms with Gasteiger partial charge >= 0.3 is 0 Å². The first kappa shape index (κ1) is 12.9. The van der Waals surface area contributed by atoms with Crippen LogP contribution in [0.5, 0.6) is 0 Å². The summed E-state index contributed by atoms with van der Waals surface area (Å²) in [5, 5.41) is 9.37. The molecular weight excluding hydrogens is 234 g/mol. The van der Waals surface area contributed by atoms with E-state index < -0.39 is 11.3 Å². The van der Waals surface area contributed by atoms with Crippen molar-refractivity contribution in [2.75, 3.05) is 0 Å². The van der Waals surface area contributed by atoms with Gasteiger partial charge in [0.25, 0.3) is 0 Å². The fraction of sp³-hybridized carbons (Fsp3) is 0.571. The van der Waals surface area contributed by atoms with Gasteiger partial charge in [0.15, 0.2) is 0 Å². The number of aromatic nitrogens is 1. The van der Waals surface area contributed by atoms with Gasteiger partial charge < -0.3 is 0 Å². The number of rotatable bonds is 2. The number of aryl methyl sites for hydroxylation is 1. The third-order valence-corrected chi connectivity index (χ3v) is 3.79. The molecule has 2 nitrogen and oxygen atoms in total. The highest BCUT2D eigenvalue weighted by molar-refractivity contribution is 5.32. The molecule has 0 spiro atoms. The van der Waals surface area contributed by atoms with Crippen molar-refractivity contribution in [1.29, 1.82) is 5.26 Å². The van der Waals surface area contributed by atoms with Crippen molar-refractivity contribution >= 4 is 0 Å². The van der Waals surface area contributed by atoms with Crippen LogP contribution in [0.3, 0.4) is 0 Å². The quantitative estimate of drug-likeness (QED) is 0.803. The zero-order valence-electron chi connectivity index (χ0n) is 10.4. The molecule has 1 heterocycles. The third kappa shape index (κ3) is 2.35. The van der Waals surface area contributed by atoms with Crippen LogP contribution in [0.15, 0.2) is 18.3 Å². The molecule has 0 amide bonds. The van der Waals surface area contributed by atoms with Gasteiger partial charge in [-0.25, -0.2) is 8.78 Å². The highest BCUT2D eigenvalue weighted by atomic mass is 19.3. The van der Waals surface area contributed by atoms with E-state index in [-0.39, 0.29) is 25.7 Å². The standard InChI is InChI=1S/C14H16F2N2/c1-2-12-4-3-11(9-18-12)13(10-17)5-7-14(15,16)8-6-13/h3-4,9H,2,5-8H2,1H3. The largest absolute Gasteiger partial charge is 0.261 e. The van der Waals surface area contributed by atoms with Crippen LogP contribution in [-0.2, 0) is 11.8 Å².